The number of hydrogen-bond acceptors (Lipinski definition) is 3. The first-order valence-electron chi connectivity index (χ1n) is 6.09. The van der Waals surface area contributed by atoms with Crippen molar-refractivity contribution in [1.82, 2.24) is 15.1 Å². The summed E-state index contributed by atoms with van der Waals surface area (Å²) < 4.78 is 0. The highest BCUT2D eigenvalue weighted by Gasteiger charge is 2.28. The van der Waals surface area contributed by atoms with E-state index in [0.29, 0.717) is 12.0 Å². The summed E-state index contributed by atoms with van der Waals surface area (Å²) in [6, 6.07) is 2.43. The van der Waals surface area contributed by atoms with Gasteiger partial charge in [-0.2, -0.15) is 5.10 Å². The summed E-state index contributed by atoms with van der Waals surface area (Å²) >= 11 is 0. The molecule has 0 saturated carbocycles. The van der Waals surface area contributed by atoms with E-state index in [2.05, 4.69) is 28.9 Å². The molecule has 1 saturated heterocycles. The molecule has 1 unspecified atom stereocenters. The van der Waals surface area contributed by atoms with Gasteiger partial charge < -0.3 is 5.11 Å². The van der Waals surface area contributed by atoms with Crippen LogP contribution in [-0.4, -0.2) is 33.3 Å². The van der Waals surface area contributed by atoms with E-state index in [1.807, 2.05) is 6.07 Å². The van der Waals surface area contributed by atoms with Gasteiger partial charge in [0.2, 0.25) is 0 Å². The average Bonchev–Trinajstić information content (AvgIpc) is 2.84. The average molecular weight is 223 g/mol. The lowest BCUT2D eigenvalue weighted by Crippen LogP contribution is -2.27. The van der Waals surface area contributed by atoms with Gasteiger partial charge in [-0.3, -0.25) is 10.00 Å². The summed E-state index contributed by atoms with van der Waals surface area (Å²) in [6.45, 7) is 6.85. The van der Waals surface area contributed by atoms with E-state index in [9.17, 15) is 0 Å². The summed E-state index contributed by atoms with van der Waals surface area (Å²) in [5.41, 5.74) is 1.90. The molecule has 0 bridgehead atoms. The van der Waals surface area contributed by atoms with E-state index in [1.165, 1.54) is 19.4 Å². The van der Waals surface area contributed by atoms with Crippen molar-refractivity contribution in [3.8, 4) is 0 Å². The lowest BCUT2D eigenvalue weighted by molar-refractivity contribution is 0.225. The quantitative estimate of drug-likeness (QED) is 0.816. The Morgan fingerprint density at radius 1 is 1.62 bits per heavy atom. The topological polar surface area (TPSA) is 52.1 Å². The Bertz CT molecular complexity index is 335. The van der Waals surface area contributed by atoms with Crippen molar-refractivity contribution >= 4 is 0 Å². The molecule has 1 atom stereocenters. The molecule has 4 nitrogen and oxygen atoms in total. The van der Waals surface area contributed by atoms with Gasteiger partial charge in [0.1, 0.15) is 0 Å². The minimum atomic E-state index is 0.0455. The first kappa shape index (κ1) is 11.6. The van der Waals surface area contributed by atoms with Crippen LogP contribution in [-0.2, 0) is 6.61 Å². The van der Waals surface area contributed by atoms with Crippen LogP contribution in [0.5, 0.6) is 0 Å². The van der Waals surface area contributed by atoms with Gasteiger partial charge in [-0.15, -0.1) is 0 Å². The van der Waals surface area contributed by atoms with E-state index in [4.69, 9.17) is 5.11 Å². The van der Waals surface area contributed by atoms with Crippen LogP contribution in [0.2, 0.25) is 0 Å². The summed E-state index contributed by atoms with van der Waals surface area (Å²) in [5.74, 6) is 0.692. The zero-order valence-corrected chi connectivity index (χ0v) is 10.1. The van der Waals surface area contributed by atoms with E-state index >= 15 is 0 Å². The second-order valence-corrected chi connectivity index (χ2v) is 5.02. The molecule has 16 heavy (non-hydrogen) atoms. The molecule has 90 valence electrons. The Labute approximate surface area is 96.7 Å². The third-order valence-corrected chi connectivity index (χ3v) is 3.13. The van der Waals surface area contributed by atoms with Crippen LogP contribution >= 0.6 is 0 Å². The molecule has 0 aliphatic carbocycles. The van der Waals surface area contributed by atoms with Gasteiger partial charge in [0.15, 0.2) is 0 Å². The van der Waals surface area contributed by atoms with Crippen molar-refractivity contribution in [1.29, 1.82) is 0 Å². The normalized spacial score (nSPS) is 22.1. The number of nitrogens with zero attached hydrogens (tertiary/aromatic N) is 2. The van der Waals surface area contributed by atoms with Crippen molar-refractivity contribution in [2.75, 3.05) is 13.1 Å². The van der Waals surface area contributed by atoms with Crippen LogP contribution in [0, 0.1) is 5.92 Å². The Morgan fingerprint density at radius 3 is 3.06 bits per heavy atom. The molecule has 1 aromatic rings. The fourth-order valence-corrected chi connectivity index (χ4v) is 2.48. The zero-order valence-electron chi connectivity index (χ0n) is 10.1. The van der Waals surface area contributed by atoms with Gasteiger partial charge >= 0.3 is 0 Å². The molecule has 2 rings (SSSR count). The number of likely N-dealkylation sites (tertiary alicyclic amines) is 1. The number of aromatic amines is 1. The van der Waals surface area contributed by atoms with Crippen LogP contribution in [0.4, 0.5) is 0 Å². The van der Waals surface area contributed by atoms with Crippen LogP contribution in [0.15, 0.2) is 6.07 Å². The third kappa shape index (κ3) is 2.44. The zero-order chi connectivity index (χ0) is 11.5. The molecule has 0 radical (unpaired) electrons. The number of hydrogen-bond donors (Lipinski definition) is 2. The fraction of sp³-hybridized carbons (Fsp3) is 0.750. The fourth-order valence-electron chi connectivity index (χ4n) is 2.48. The molecule has 0 spiro atoms. The number of aliphatic hydroxyl groups is 1. The molecule has 0 aromatic carbocycles. The van der Waals surface area contributed by atoms with Crippen molar-refractivity contribution < 1.29 is 5.11 Å². The maximum atomic E-state index is 9.02. The van der Waals surface area contributed by atoms with E-state index in [1.54, 1.807) is 0 Å². The molecule has 2 heterocycles. The maximum absolute atomic E-state index is 9.02. The smallest absolute Gasteiger partial charge is 0.0847 e. The maximum Gasteiger partial charge on any atom is 0.0847 e. The predicted octanol–water partition coefficient (Wildman–Crippen LogP) is 1.69. The van der Waals surface area contributed by atoms with Crippen LogP contribution in [0.25, 0.3) is 0 Å². The lowest BCUT2D eigenvalue weighted by atomic mass is 10.1. The lowest BCUT2D eigenvalue weighted by Gasteiger charge is -2.24. The van der Waals surface area contributed by atoms with Gasteiger partial charge in [0.05, 0.1) is 24.0 Å². The van der Waals surface area contributed by atoms with Crippen molar-refractivity contribution in [3.63, 3.8) is 0 Å². The largest absolute Gasteiger partial charge is 0.390 e. The highest BCUT2D eigenvalue weighted by atomic mass is 16.3. The van der Waals surface area contributed by atoms with Crippen molar-refractivity contribution in [2.45, 2.75) is 39.3 Å². The van der Waals surface area contributed by atoms with Crippen LogP contribution < -0.4 is 0 Å². The van der Waals surface area contributed by atoms with Gasteiger partial charge in [-0.05, 0) is 31.4 Å². The Hall–Kier alpha value is -0.870. The highest BCUT2D eigenvalue weighted by molar-refractivity contribution is 5.13. The van der Waals surface area contributed by atoms with E-state index in [0.717, 1.165) is 17.9 Å². The summed E-state index contributed by atoms with van der Waals surface area (Å²) in [7, 11) is 0. The third-order valence-electron chi connectivity index (χ3n) is 3.13. The molecular formula is C12H21N3O. The molecule has 4 heteroatoms. The predicted molar refractivity (Wildman–Crippen MR) is 62.9 cm³/mol. The number of H-pyrrole nitrogens is 1. The molecule has 1 aliphatic heterocycles. The number of aromatic nitrogens is 2. The minimum absolute atomic E-state index is 0.0455. The first-order valence-corrected chi connectivity index (χ1v) is 6.09. The Kier molecular flexibility index (Phi) is 3.61. The molecule has 1 aliphatic rings. The summed E-state index contributed by atoms with van der Waals surface area (Å²) in [4.78, 5) is 2.50. The van der Waals surface area contributed by atoms with E-state index < -0.39 is 0 Å². The SMILES string of the molecule is CC(C)CN1CCCC1c1cc(CO)[nH]n1. The second-order valence-electron chi connectivity index (χ2n) is 5.02. The summed E-state index contributed by atoms with van der Waals surface area (Å²) in [5, 5.41) is 16.2. The number of aliphatic hydroxyl groups excluding tert-OH is 1. The van der Waals surface area contributed by atoms with Gasteiger partial charge in [0, 0.05) is 6.54 Å². The Balaban J connectivity index is 2.07. The van der Waals surface area contributed by atoms with Crippen molar-refractivity contribution in [2.24, 2.45) is 5.92 Å². The molecule has 0 amide bonds. The van der Waals surface area contributed by atoms with Crippen molar-refractivity contribution in [3.05, 3.63) is 17.5 Å². The highest BCUT2D eigenvalue weighted by Crippen LogP contribution is 2.31. The van der Waals surface area contributed by atoms with Gasteiger partial charge in [-0.25, -0.2) is 0 Å². The summed E-state index contributed by atoms with van der Waals surface area (Å²) in [6.07, 6.45) is 2.43. The first-order chi connectivity index (χ1) is 7.70. The minimum Gasteiger partial charge on any atom is -0.390 e. The molecular weight excluding hydrogens is 202 g/mol. The van der Waals surface area contributed by atoms with Gasteiger partial charge in [-0.1, -0.05) is 13.8 Å². The molecule has 1 aromatic heterocycles. The number of rotatable bonds is 4. The van der Waals surface area contributed by atoms with Crippen LogP contribution in [0.3, 0.4) is 0 Å². The Morgan fingerprint density at radius 2 is 2.44 bits per heavy atom. The molecule has 1 fully saturated rings. The number of nitrogens with one attached hydrogen (secondary N) is 1. The monoisotopic (exact) mass is 223 g/mol. The van der Waals surface area contributed by atoms with E-state index in [-0.39, 0.29) is 6.61 Å². The standard InChI is InChI=1S/C12H21N3O/c1-9(2)7-15-5-3-4-12(15)11-6-10(8-16)13-14-11/h6,9,12,16H,3-5,7-8H2,1-2H3,(H,13,14). The van der Waals surface area contributed by atoms with Gasteiger partial charge in [0.25, 0.3) is 0 Å². The second kappa shape index (κ2) is 4.97. The molecule has 2 N–H and O–H groups in total. The van der Waals surface area contributed by atoms with Crippen LogP contribution in [0.1, 0.15) is 44.1 Å².